The highest BCUT2D eigenvalue weighted by molar-refractivity contribution is 7.89. The summed E-state index contributed by atoms with van der Waals surface area (Å²) in [6, 6.07) is 9.59. The van der Waals surface area contributed by atoms with E-state index in [9.17, 15) is 13.5 Å². The predicted molar refractivity (Wildman–Crippen MR) is 82.4 cm³/mol. The molecule has 116 valence electrons. The Bertz CT molecular complexity index is 776. The summed E-state index contributed by atoms with van der Waals surface area (Å²) in [7, 11) is -3.75. The highest BCUT2D eigenvalue weighted by atomic mass is 32.2. The molecule has 5 nitrogen and oxygen atoms in total. The molecule has 2 aromatic rings. The fraction of sp³-hybridized carbons (Fsp3) is 0.250. The molecule has 1 N–H and O–H groups in total. The Morgan fingerprint density at radius 1 is 1.27 bits per heavy atom. The number of aliphatic hydroxyl groups excluding tert-OH is 1. The number of hydrogen-bond donors (Lipinski definition) is 1. The van der Waals surface area contributed by atoms with Crippen molar-refractivity contribution >= 4 is 15.7 Å². The van der Waals surface area contributed by atoms with Gasteiger partial charge in [-0.05, 0) is 37.6 Å². The number of aliphatic hydroxyl groups is 1. The zero-order chi connectivity index (χ0) is 15.7. The van der Waals surface area contributed by atoms with Crippen LogP contribution in [0.5, 0.6) is 0 Å². The lowest BCUT2D eigenvalue weighted by Gasteiger charge is -2.27. The van der Waals surface area contributed by atoms with E-state index in [1.807, 2.05) is 6.92 Å². The number of hydrogen-bond acceptors (Lipinski definition) is 4. The number of rotatable bonds is 4. The van der Waals surface area contributed by atoms with E-state index in [0.29, 0.717) is 17.9 Å². The fourth-order valence-electron chi connectivity index (χ4n) is 2.56. The van der Waals surface area contributed by atoms with E-state index in [2.05, 4.69) is 0 Å². The molecular weight excluding hydrogens is 302 g/mol. The van der Waals surface area contributed by atoms with Crippen LogP contribution < -0.4 is 0 Å². The minimum atomic E-state index is -3.75. The molecular formula is C16H17NO4S. The lowest BCUT2D eigenvalue weighted by molar-refractivity contribution is 0.224. The number of sulfonamides is 1. The molecule has 0 spiro atoms. The van der Waals surface area contributed by atoms with E-state index in [1.54, 1.807) is 42.5 Å². The molecule has 0 bridgehead atoms. The van der Waals surface area contributed by atoms with Gasteiger partial charge in [-0.15, -0.1) is 0 Å². The monoisotopic (exact) mass is 319 g/mol. The van der Waals surface area contributed by atoms with Crippen LogP contribution in [0, 0.1) is 6.92 Å². The Kier molecular flexibility index (Phi) is 3.80. The summed E-state index contributed by atoms with van der Waals surface area (Å²) >= 11 is 0. The third kappa shape index (κ3) is 2.44. The maximum atomic E-state index is 13.0. The first kappa shape index (κ1) is 14.9. The minimum absolute atomic E-state index is 0.205. The normalized spacial score (nSPS) is 18.5. The van der Waals surface area contributed by atoms with E-state index >= 15 is 0 Å². The van der Waals surface area contributed by atoms with Gasteiger partial charge in [0.2, 0.25) is 0 Å². The third-order valence-electron chi connectivity index (χ3n) is 3.71. The van der Waals surface area contributed by atoms with Crippen LogP contribution in [0.25, 0.3) is 5.70 Å². The van der Waals surface area contributed by atoms with Crippen LogP contribution >= 0.6 is 0 Å². The molecule has 0 saturated heterocycles. The van der Waals surface area contributed by atoms with Crippen molar-refractivity contribution in [2.45, 2.75) is 24.3 Å². The van der Waals surface area contributed by atoms with Crippen molar-refractivity contribution in [2.24, 2.45) is 0 Å². The summed E-state index contributed by atoms with van der Waals surface area (Å²) in [6.07, 6.45) is 3.74. The second-order valence-electron chi connectivity index (χ2n) is 5.25. The molecule has 2 heterocycles. The van der Waals surface area contributed by atoms with Gasteiger partial charge in [-0.3, -0.25) is 4.31 Å². The van der Waals surface area contributed by atoms with Gasteiger partial charge in [0.05, 0.1) is 29.5 Å². The second kappa shape index (κ2) is 5.62. The van der Waals surface area contributed by atoms with Gasteiger partial charge in [0.1, 0.15) is 0 Å². The van der Waals surface area contributed by atoms with E-state index < -0.39 is 16.1 Å². The van der Waals surface area contributed by atoms with Crippen molar-refractivity contribution < 1.29 is 17.9 Å². The summed E-state index contributed by atoms with van der Waals surface area (Å²) < 4.78 is 32.5. The molecule has 1 aromatic heterocycles. The van der Waals surface area contributed by atoms with Gasteiger partial charge >= 0.3 is 0 Å². The first-order chi connectivity index (χ1) is 10.5. The number of nitrogens with zero attached hydrogens (tertiary/aromatic N) is 1. The van der Waals surface area contributed by atoms with Crippen molar-refractivity contribution in [3.8, 4) is 0 Å². The van der Waals surface area contributed by atoms with Crippen molar-refractivity contribution in [1.29, 1.82) is 0 Å². The quantitative estimate of drug-likeness (QED) is 0.939. The average Bonchev–Trinajstić information content (AvgIpc) is 3.16. The van der Waals surface area contributed by atoms with Gasteiger partial charge in [-0.1, -0.05) is 23.8 Å². The third-order valence-corrected chi connectivity index (χ3v) is 5.60. The SMILES string of the molecule is Cc1ccc(S(=O)(=O)N2C(c3ccco3)=CC[C@@H]2CO)cc1. The van der Waals surface area contributed by atoms with Crippen molar-refractivity contribution in [3.05, 3.63) is 60.1 Å². The maximum absolute atomic E-state index is 13.0. The smallest absolute Gasteiger partial charge is 0.264 e. The standard InChI is InChI=1S/C16H17NO4S/c1-12-4-7-14(8-5-12)22(19,20)17-13(11-18)6-9-15(17)16-3-2-10-21-16/h2-5,7-10,13,18H,6,11H2,1H3/t13-/m1/s1. The molecule has 0 amide bonds. The molecule has 0 unspecified atom stereocenters. The minimum Gasteiger partial charge on any atom is -0.463 e. The van der Waals surface area contributed by atoms with E-state index in [0.717, 1.165) is 5.56 Å². The molecule has 0 fully saturated rings. The van der Waals surface area contributed by atoms with Crippen LogP contribution in [0.1, 0.15) is 17.7 Å². The summed E-state index contributed by atoms with van der Waals surface area (Å²) in [4.78, 5) is 0.205. The lowest BCUT2D eigenvalue weighted by atomic mass is 10.2. The summed E-state index contributed by atoms with van der Waals surface area (Å²) in [6.45, 7) is 1.66. The Hall–Kier alpha value is -2.05. The fourth-order valence-corrected chi connectivity index (χ4v) is 4.24. The van der Waals surface area contributed by atoms with E-state index in [1.165, 1.54) is 10.6 Å². The van der Waals surface area contributed by atoms with Gasteiger partial charge in [0.25, 0.3) is 10.0 Å². The Labute approximate surface area is 129 Å². The van der Waals surface area contributed by atoms with Crippen LogP contribution in [-0.4, -0.2) is 30.5 Å². The van der Waals surface area contributed by atoms with Crippen LogP contribution in [0.15, 0.2) is 58.1 Å². The van der Waals surface area contributed by atoms with Crippen LogP contribution in [-0.2, 0) is 10.0 Å². The summed E-state index contributed by atoms with van der Waals surface area (Å²) in [5.74, 6) is 0.478. The zero-order valence-corrected chi connectivity index (χ0v) is 13.0. The molecule has 0 aliphatic carbocycles. The van der Waals surface area contributed by atoms with Gasteiger partial charge in [-0.2, -0.15) is 0 Å². The van der Waals surface area contributed by atoms with E-state index in [-0.39, 0.29) is 11.5 Å². The largest absolute Gasteiger partial charge is 0.463 e. The zero-order valence-electron chi connectivity index (χ0n) is 12.1. The van der Waals surface area contributed by atoms with Crippen molar-refractivity contribution in [3.63, 3.8) is 0 Å². The second-order valence-corrected chi connectivity index (χ2v) is 7.07. The highest BCUT2D eigenvalue weighted by Crippen LogP contribution is 2.35. The van der Waals surface area contributed by atoms with Crippen LogP contribution in [0.2, 0.25) is 0 Å². The number of furan rings is 1. The van der Waals surface area contributed by atoms with Gasteiger partial charge < -0.3 is 9.52 Å². The lowest BCUT2D eigenvalue weighted by Crippen LogP contribution is -2.37. The van der Waals surface area contributed by atoms with Crippen LogP contribution in [0.3, 0.4) is 0 Å². The van der Waals surface area contributed by atoms with Crippen molar-refractivity contribution in [2.75, 3.05) is 6.61 Å². The van der Waals surface area contributed by atoms with Gasteiger partial charge in [-0.25, -0.2) is 8.42 Å². The molecule has 1 aliphatic rings. The first-order valence-electron chi connectivity index (χ1n) is 7.00. The molecule has 0 radical (unpaired) electrons. The molecule has 22 heavy (non-hydrogen) atoms. The van der Waals surface area contributed by atoms with E-state index in [4.69, 9.17) is 4.42 Å². The molecule has 3 rings (SSSR count). The van der Waals surface area contributed by atoms with Crippen LogP contribution in [0.4, 0.5) is 0 Å². The topological polar surface area (TPSA) is 70.8 Å². The highest BCUT2D eigenvalue weighted by Gasteiger charge is 2.37. The molecule has 0 saturated carbocycles. The first-order valence-corrected chi connectivity index (χ1v) is 8.44. The average molecular weight is 319 g/mol. The van der Waals surface area contributed by atoms with Crippen molar-refractivity contribution in [1.82, 2.24) is 4.31 Å². The summed E-state index contributed by atoms with van der Waals surface area (Å²) in [5.41, 5.74) is 1.46. The molecule has 1 atom stereocenters. The maximum Gasteiger partial charge on any atom is 0.264 e. The molecule has 1 aliphatic heterocycles. The number of aryl methyl sites for hydroxylation is 1. The Morgan fingerprint density at radius 3 is 2.59 bits per heavy atom. The Morgan fingerprint density at radius 2 is 2.00 bits per heavy atom. The van der Waals surface area contributed by atoms with Gasteiger partial charge in [0, 0.05) is 0 Å². The predicted octanol–water partition coefficient (Wildman–Crippen LogP) is 2.38. The summed E-state index contributed by atoms with van der Waals surface area (Å²) in [5, 5.41) is 9.54. The number of benzene rings is 1. The van der Waals surface area contributed by atoms with Gasteiger partial charge in [0.15, 0.2) is 5.76 Å². The molecule has 1 aromatic carbocycles. The Balaban J connectivity index is 2.05. The molecule has 6 heteroatoms.